The van der Waals surface area contributed by atoms with Crippen LogP contribution in [0.25, 0.3) is 0 Å². The molecular formula is C15H17ClF3NO5S. The van der Waals surface area contributed by atoms with Gasteiger partial charge in [-0.1, -0.05) is 11.6 Å². The van der Waals surface area contributed by atoms with Crippen molar-refractivity contribution in [2.75, 3.05) is 0 Å². The Kier molecular flexibility index (Phi) is 5.40. The van der Waals surface area contributed by atoms with E-state index in [0.717, 1.165) is 6.07 Å². The molecule has 146 valence electrons. The van der Waals surface area contributed by atoms with Crippen LogP contribution in [0.2, 0.25) is 5.02 Å². The van der Waals surface area contributed by atoms with Gasteiger partial charge in [-0.2, -0.15) is 21.6 Å². The summed E-state index contributed by atoms with van der Waals surface area (Å²) in [5.41, 5.74) is -5.54. The van der Waals surface area contributed by atoms with Gasteiger partial charge in [0.1, 0.15) is 11.4 Å². The molecule has 1 aliphatic carbocycles. The third-order valence-electron chi connectivity index (χ3n) is 3.39. The predicted molar refractivity (Wildman–Crippen MR) is 87.6 cm³/mol. The molecule has 26 heavy (non-hydrogen) atoms. The quantitative estimate of drug-likeness (QED) is 0.603. The summed E-state index contributed by atoms with van der Waals surface area (Å²) in [4.78, 5) is 11.8. The van der Waals surface area contributed by atoms with Gasteiger partial charge in [-0.05, 0) is 45.2 Å². The highest BCUT2D eigenvalue weighted by Crippen LogP contribution is 2.37. The van der Waals surface area contributed by atoms with Gasteiger partial charge in [0.05, 0.1) is 0 Å². The highest BCUT2D eigenvalue weighted by Gasteiger charge is 2.49. The van der Waals surface area contributed by atoms with E-state index < -0.39 is 39.1 Å². The topological polar surface area (TPSA) is 81.7 Å². The molecule has 1 N–H and O–H groups in total. The average Bonchev–Trinajstić information content (AvgIpc) is 2.76. The fourth-order valence-electron chi connectivity index (χ4n) is 2.48. The van der Waals surface area contributed by atoms with Gasteiger partial charge in [-0.15, -0.1) is 0 Å². The van der Waals surface area contributed by atoms with Crippen LogP contribution in [0.1, 0.15) is 31.9 Å². The van der Waals surface area contributed by atoms with Crippen LogP contribution in [0.5, 0.6) is 5.75 Å². The Morgan fingerprint density at radius 2 is 1.85 bits per heavy atom. The maximum atomic E-state index is 12.6. The molecule has 0 saturated heterocycles. The first kappa shape index (κ1) is 20.6. The van der Waals surface area contributed by atoms with E-state index in [1.807, 2.05) is 0 Å². The number of rotatable bonds is 3. The van der Waals surface area contributed by atoms with Crippen molar-refractivity contribution in [3.05, 3.63) is 28.3 Å². The summed E-state index contributed by atoms with van der Waals surface area (Å²) in [7, 11) is -5.82. The number of nitrogens with one attached hydrogen (secondary N) is 1. The fourth-order valence-corrected chi connectivity index (χ4v) is 3.19. The summed E-state index contributed by atoms with van der Waals surface area (Å²) in [6.45, 7) is 5.05. The van der Waals surface area contributed by atoms with Crippen LogP contribution >= 0.6 is 11.6 Å². The van der Waals surface area contributed by atoms with Crippen molar-refractivity contribution in [3.63, 3.8) is 0 Å². The number of hydrogen-bond donors (Lipinski definition) is 1. The van der Waals surface area contributed by atoms with Gasteiger partial charge in [0.15, 0.2) is 0 Å². The van der Waals surface area contributed by atoms with Crippen LogP contribution < -0.4 is 9.50 Å². The zero-order chi connectivity index (χ0) is 19.9. The Bertz CT molecular complexity index is 818. The van der Waals surface area contributed by atoms with Crippen molar-refractivity contribution in [1.29, 1.82) is 0 Å². The molecule has 0 saturated carbocycles. The summed E-state index contributed by atoms with van der Waals surface area (Å²) < 4.78 is 69.6. The summed E-state index contributed by atoms with van der Waals surface area (Å²) in [6.07, 6.45) is -0.363. The highest BCUT2D eigenvalue weighted by molar-refractivity contribution is 7.88. The number of halogens is 4. The first-order chi connectivity index (χ1) is 11.7. The van der Waals surface area contributed by atoms with Crippen LogP contribution in [0.4, 0.5) is 18.0 Å². The summed E-state index contributed by atoms with van der Waals surface area (Å²) >= 11 is 5.84. The Morgan fingerprint density at radius 3 is 2.38 bits per heavy atom. The monoisotopic (exact) mass is 415 g/mol. The Morgan fingerprint density at radius 1 is 1.23 bits per heavy atom. The van der Waals surface area contributed by atoms with Crippen molar-refractivity contribution < 1.29 is 35.3 Å². The molecule has 0 radical (unpaired) electrons. The molecule has 1 aromatic rings. The molecule has 1 aromatic carbocycles. The number of alkyl carbamates (subject to hydrolysis) is 1. The second kappa shape index (κ2) is 6.80. The van der Waals surface area contributed by atoms with Crippen molar-refractivity contribution >= 4 is 27.8 Å². The molecule has 0 spiro atoms. The molecule has 1 atom stereocenters. The van der Waals surface area contributed by atoms with Gasteiger partial charge < -0.3 is 14.2 Å². The lowest BCUT2D eigenvalue weighted by atomic mass is 10.1. The second-order valence-corrected chi connectivity index (χ2v) is 8.75. The molecule has 0 fully saturated rings. The SMILES string of the molecule is CC(C)(C)OC(=O)NC1Cc2cc(Cl)cc(OS(=O)(=O)C(F)(F)F)c2C1. The van der Waals surface area contributed by atoms with Crippen LogP contribution in [-0.2, 0) is 27.7 Å². The molecule has 2 rings (SSSR count). The molecule has 0 aromatic heterocycles. The summed E-state index contributed by atoms with van der Waals surface area (Å²) in [5, 5.41) is 2.61. The summed E-state index contributed by atoms with van der Waals surface area (Å²) in [5.74, 6) is -0.502. The number of carbonyl (C=O) groups excluding carboxylic acids is 1. The van der Waals surface area contributed by atoms with Gasteiger partial charge in [-0.25, -0.2) is 4.79 Å². The maximum absolute atomic E-state index is 12.6. The minimum atomic E-state index is -5.82. The van der Waals surface area contributed by atoms with Gasteiger partial charge in [-0.3, -0.25) is 0 Å². The molecule has 6 nitrogen and oxygen atoms in total. The maximum Gasteiger partial charge on any atom is 0.534 e. The van der Waals surface area contributed by atoms with Crippen LogP contribution in [0.15, 0.2) is 12.1 Å². The van der Waals surface area contributed by atoms with Crippen molar-refractivity contribution in [2.45, 2.75) is 50.8 Å². The normalized spacial score (nSPS) is 17.6. The minimum Gasteiger partial charge on any atom is -0.444 e. The van der Waals surface area contributed by atoms with E-state index in [0.29, 0.717) is 5.56 Å². The number of alkyl halides is 3. The lowest BCUT2D eigenvalue weighted by molar-refractivity contribution is -0.0500. The Balaban J connectivity index is 2.21. The Labute approximate surface area is 153 Å². The molecule has 0 bridgehead atoms. The first-order valence-electron chi connectivity index (χ1n) is 7.49. The molecule has 11 heteroatoms. The third kappa shape index (κ3) is 4.94. The standard InChI is InChI=1S/C15H17ClF3NO5S/c1-14(2,3)24-13(21)20-10-5-8-4-9(16)6-12(11(8)7-10)25-26(22,23)15(17,18)19/h4,6,10H,5,7H2,1-3H3,(H,20,21). The third-order valence-corrected chi connectivity index (χ3v) is 4.57. The largest absolute Gasteiger partial charge is 0.534 e. The van der Waals surface area contributed by atoms with Crippen LogP contribution in [0.3, 0.4) is 0 Å². The van der Waals surface area contributed by atoms with Crippen molar-refractivity contribution in [3.8, 4) is 5.75 Å². The predicted octanol–water partition coefficient (Wildman–Crippen LogP) is 3.56. The van der Waals surface area contributed by atoms with Gasteiger partial charge in [0, 0.05) is 22.7 Å². The van der Waals surface area contributed by atoms with E-state index in [4.69, 9.17) is 16.3 Å². The van der Waals surface area contributed by atoms with Gasteiger partial charge in [0.25, 0.3) is 0 Å². The fraction of sp³-hybridized carbons (Fsp3) is 0.533. The molecule has 0 aliphatic heterocycles. The molecule has 1 unspecified atom stereocenters. The zero-order valence-corrected chi connectivity index (χ0v) is 15.7. The number of benzene rings is 1. The zero-order valence-electron chi connectivity index (χ0n) is 14.1. The second-order valence-electron chi connectivity index (χ2n) is 6.78. The molecule has 1 aliphatic rings. The van der Waals surface area contributed by atoms with E-state index in [9.17, 15) is 26.4 Å². The van der Waals surface area contributed by atoms with Crippen molar-refractivity contribution in [1.82, 2.24) is 5.32 Å². The number of carbonyl (C=O) groups is 1. The smallest absolute Gasteiger partial charge is 0.444 e. The summed E-state index contributed by atoms with van der Waals surface area (Å²) in [6, 6.07) is 1.99. The molecule has 0 heterocycles. The number of fused-ring (bicyclic) bond motifs is 1. The van der Waals surface area contributed by atoms with E-state index in [-0.39, 0.29) is 23.4 Å². The average molecular weight is 416 g/mol. The molecular weight excluding hydrogens is 399 g/mol. The van der Waals surface area contributed by atoms with Gasteiger partial charge >= 0.3 is 21.7 Å². The number of hydrogen-bond acceptors (Lipinski definition) is 5. The van der Waals surface area contributed by atoms with Gasteiger partial charge in [0.2, 0.25) is 0 Å². The Hall–Kier alpha value is -1.68. The van der Waals surface area contributed by atoms with E-state index >= 15 is 0 Å². The van der Waals surface area contributed by atoms with Crippen molar-refractivity contribution in [2.24, 2.45) is 0 Å². The van der Waals surface area contributed by atoms with Crippen LogP contribution in [-0.4, -0.2) is 31.7 Å². The minimum absolute atomic E-state index is 0.0223. The van der Waals surface area contributed by atoms with Crippen LogP contribution in [0, 0.1) is 0 Å². The van der Waals surface area contributed by atoms with E-state index in [2.05, 4.69) is 9.50 Å². The highest BCUT2D eigenvalue weighted by atomic mass is 35.5. The molecule has 1 amide bonds. The lowest BCUT2D eigenvalue weighted by Gasteiger charge is -2.21. The first-order valence-corrected chi connectivity index (χ1v) is 9.28. The number of amides is 1. The van der Waals surface area contributed by atoms with E-state index in [1.54, 1.807) is 20.8 Å². The lowest BCUT2D eigenvalue weighted by Crippen LogP contribution is -2.39. The van der Waals surface area contributed by atoms with E-state index in [1.165, 1.54) is 6.07 Å². The number of ether oxygens (including phenoxy) is 1.